The van der Waals surface area contributed by atoms with Gasteiger partial charge in [0.2, 0.25) is 0 Å². The van der Waals surface area contributed by atoms with Gasteiger partial charge in [0.05, 0.1) is 12.6 Å². The Morgan fingerprint density at radius 1 is 1.07 bits per heavy atom. The first kappa shape index (κ1) is 21.9. The second kappa shape index (κ2) is 9.38. The van der Waals surface area contributed by atoms with E-state index in [1.165, 1.54) is 12.8 Å². The fourth-order valence-corrected chi connectivity index (χ4v) is 4.25. The summed E-state index contributed by atoms with van der Waals surface area (Å²) in [5.41, 5.74) is 0.683. The van der Waals surface area contributed by atoms with Crippen LogP contribution in [0.3, 0.4) is 0 Å². The zero-order valence-electron chi connectivity index (χ0n) is 18.8. The lowest BCUT2D eigenvalue weighted by Crippen LogP contribution is -2.44. The second-order valence-corrected chi connectivity index (χ2v) is 9.96. The third-order valence-corrected chi connectivity index (χ3v) is 6.03. The zero-order chi connectivity index (χ0) is 21.0. The van der Waals surface area contributed by atoms with E-state index in [4.69, 9.17) is 9.47 Å². The highest BCUT2D eigenvalue weighted by molar-refractivity contribution is 5.69. The summed E-state index contributed by atoms with van der Waals surface area (Å²) in [4.78, 5) is 17.1. The van der Waals surface area contributed by atoms with Gasteiger partial charge in [-0.05, 0) is 96.1 Å². The van der Waals surface area contributed by atoms with Crippen molar-refractivity contribution < 1.29 is 14.3 Å². The molecule has 162 valence electrons. The van der Waals surface area contributed by atoms with Gasteiger partial charge in [-0.15, -0.1) is 0 Å². The molecular weight excluding hydrogens is 364 g/mol. The van der Waals surface area contributed by atoms with E-state index in [1.807, 2.05) is 25.7 Å². The molecule has 2 aliphatic rings. The third-order valence-electron chi connectivity index (χ3n) is 6.03. The van der Waals surface area contributed by atoms with Crippen molar-refractivity contribution in [2.75, 3.05) is 33.3 Å². The maximum Gasteiger partial charge on any atom is 0.410 e. The molecule has 0 N–H and O–H groups in total. The molecule has 0 saturated carbocycles. The summed E-state index contributed by atoms with van der Waals surface area (Å²) in [6, 6.07) is 8.40. The van der Waals surface area contributed by atoms with Gasteiger partial charge in [0.15, 0.2) is 0 Å². The molecule has 0 bridgehead atoms. The highest BCUT2D eigenvalue weighted by atomic mass is 16.6. The Kier molecular flexibility index (Phi) is 7.10. The van der Waals surface area contributed by atoms with Gasteiger partial charge in [0, 0.05) is 6.54 Å². The van der Waals surface area contributed by atoms with Crippen LogP contribution in [-0.4, -0.2) is 54.8 Å². The van der Waals surface area contributed by atoms with E-state index in [9.17, 15) is 4.79 Å². The van der Waals surface area contributed by atoms with E-state index in [-0.39, 0.29) is 12.1 Å². The van der Waals surface area contributed by atoms with Gasteiger partial charge in [-0.2, -0.15) is 0 Å². The summed E-state index contributed by atoms with van der Waals surface area (Å²) < 4.78 is 11.7. The fraction of sp³-hybridized carbons (Fsp3) is 0.708. The number of hydrogen-bond donors (Lipinski definition) is 0. The quantitative estimate of drug-likeness (QED) is 0.701. The number of piperidine rings is 2. The van der Waals surface area contributed by atoms with Gasteiger partial charge >= 0.3 is 6.09 Å². The third kappa shape index (κ3) is 6.36. The largest absolute Gasteiger partial charge is 0.493 e. The summed E-state index contributed by atoms with van der Waals surface area (Å²) in [6.07, 6.45) is 4.30. The van der Waals surface area contributed by atoms with Crippen molar-refractivity contribution in [2.24, 2.45) is 11.8 Å². The van der Waals surface area contributed by atoms with E-state index in [0.29, 0.717) is 11.8 Å². The van der Waals surface area contributed by atoms with E-state index in [2.05, 4.69) is 43.1 Å². The Balaban J connectivity index is 1.61. The van der Waals surface area contributed by atoms with Crippen molar-refractivity contribution in [1.29, 1.82) is 0 Å². The Morgan fingerprint density at radius 3 is 2.34 bits per heavy atom. The van der Waals surface area contributed by atoms with Crippen molar-refractivity contribution in [3.05, 3.63) is 29.8 Å². The van der Waals surface area contributed by atoms with E-state index >= 15 is 0 Å². The summed E-state index contributed by atoms with van der Waals surface area (Å²) in [6.45, 7) is 11.8. The lowest BCUT2D eigenvalue weighted by molar-refractivity contribution is 0.00363. The zero-order valence-corrected chi connectivity index (χ0v) is 18.8. The molecule has 1 amide bonds. The van der Waals surface area contributed by atoms with Crippen LogP contribution in [0.5, 0.6) is 5.75 Å². The number of likely N-dealkylation sites (tertiary alicyclic amines) is 2. The van der Waals surface area contributed by atoms with Crippen LogP contribution in [0.2, 0.25) is 0 Å². The first-order valence-corrected chi connectivity index (χ1v) is 11.1. The smallest absolute Gasteiger partial charge is 0.410 e. The molecule has 3 rings (SSSR count). The van der Waals surface area contributed by atoms with Crippen molar-refractivity contribution in [3.63, 3.8) is 0 Å². The van der Waals surface area contributed by atoms with Crippen LogP contribution >= 0.6 is 0 Å². The van der Waals surface area contributed by atoms with Crippen LogP contribution < -0.4 is 4.74 Å². The first-order chi connectivity index (χ1) is 13.7. The minimum Gasteiger partial charge on any atom is -0.493 e. The molecule has 0 unspecified atom stereocenters. The number of carbonyl (C=O) groups is 1. The maximum atomic E-state index is 12.8. The molecule has 5 nitrogen and oxygen atoms in total. The molecule has 0 spiro atoms. The minimum absolute atomic E-state index is 0.0731. The van der Waals surface area contributed by atoms with E-state index in [1.54, 1.807) is 0 Å². The number of carbonyl (C=O) groups excluding carboxylic acids is 1. The average molecular weight is 403 g/mol. The maximum absolute atomic E-state index is 12.8. The van der Waals surface area contributed by atoms with Crippen LogP contribution in [0.15, 0.2) is 24.3 Å². The Morgan fingerprint density at radius 2 is 1.72 bits per heavy atom. The lowest BCUT2D eigenvalue weighted by atomic mass is 9.90. The van der Waals surface area contributed by atoms with Gasteiger partial charge in [-0.25, -0.2) is 4.79 Å². The highest BCUT2D eigenvalue weighted by Crippen LogP contribution is 2.35. The van der Waals surface area contributed by atoms with Crippen LogP contribution in [-0.2, 0) is 4.74 Å². The van der Waals surface area contributed by atoms with Gasteiger partial charge < -0.3 is 19.3 Å². The number of rotatable bonds is 4. The summed E-state index contributed by atoms with van der Waals surface area (Å²) in [5, 5.41) is 0. The SMILES string of the molecule is C[C@H]1CC[C@H](c2ccc(OCC3CCN(C)CC3)cc2)N(C(=O)OC(C)(C)C)C1. The average Bonchev–Trinajstić information content (AvgIpc) is 2.67. The van der Waals surface area contributed by atoms with Crippen molar-refractivity contribution in [3.8, 4) is 5.75 Å². The van der Waals surface area contributed by atoms with Crippen LogP contribution in [0.1, 0.15) is 65.0 Å². The van der Waals surface area contributed by atoms with Gasteiger partial charge in [0.1, 0.15) is 11.4 Å². The van der Waals surface area contributed by atoms with Gasteiger partial charge in [-0.3, -0.25) is 0 Å². The van der Waals surface area contributed by atoms with Crippen molar-refractivity contribution >= 4 is 6.09 Å². The molecular formula is C24H38N2O3. The molecule has 1 aromatic carbocycles. The molecule has 29 heavy (non-hydrogen) atoms. The number of nitrogens with zero attached hydrogens (tertiary/aromatic N) is 2. The van der Waals surface area contributed by atoms with Gasteiger partial charge in [0.25, 0.3) is 0 Å². The van der Waals surface area contributed by atoms with Crippen LogP contribution in [0.25, 0.3) is 0 Å². The molecule has 0 aliphatic carbocycles. The predicted octanol–water partition coefficient (Wildman–Crippen LogP) is 5.12. The van der Waals surface area contributed by atoms with Crippen molar-refractivity contribution in [1.82, 2.24) is 9.80 Å². The summed E-state index contributed by atoms with van der Waals surface area (Å²) in [7, 11) is 2.18. The number of ether oxygens (including phenoxy) is 2. The molecule has 2 aliphatic heterocycles. The summed E-state index contributed by atoms with van der Waals surface area (Å²) in [5.74, 6) is 2.06. The fourth-order valence-electron chi connectivity index (χ4n) is 4.25. The molecule has 2 heterocycles. The van der Waals surface area contributed by atoms with Crippen LogP contribution in [0, 0.1) is 11.8 Å². The standard InChI is InChI=1S/C24H38N2O3/c1-18-6-11-22(26(16-18)23(27)29-24(2,3)4)20-7-9-21(10-8-20)28-17-19-12-14-25(5)15-13-19/h7-10,18-19,22H,6,11-17H2,1-5H3/t18-,22+/m0/s1. The van der Waals surface area contributed by atoms with E-state index in [0.717, 1.165) is 50.4 Å². The molecule has 2 atom stereocenters. The lowest BCUT2D eigenvalue weighted by Gasteiger charge is -2.39. The molecule has 2 fully saturated rings. The Bertz CT molecular complexity index is 660. The van der Waals surface area contributed by atoms with Crippen LogP contribution in [0.4, 0.5) is 4.79 Å². The number of amides is 1. The number of hydrogen-bond acceptors (Lipinski definition) is 4. The highest BCUT2D eigenvalue weighted by Gasteiger charge is 2.33. The van der Waals surface area contributed by atoms with E-state index < -0.39 is 5.60 Å². The molecule has 1 aromatic rings. The van der Waals surface area contributed by atoms with Crippen molar-refractivity contribution in [2.45, 2.75) is 65.0 Å². The predicted molar refractivity (Wildman–Crippen MR) is 116 cm³/mol. The Hall–Kier alpha value is -1.75. The molecule has 5 heteroatoms. The second-order valence-electron chi connectivity index (χ2n) is 9.96. The monoisotopic (exact) mass is 402 g/mol. The normalized spacial score (nSPS) is 24.4. The molecule has 0 radical (unpaired) electrons. The minimum atomic E-state index is -0.478. The summed E-state index contributed by atoms with van der Waals surface area (Å²) >= 11 is 0. The van der Waals surface area contributed by atoms with Gasteiger partial charge in [-0.1, -0.05) is 19.1 Å². The first-order valence-electron chi connectivity index (χ1n) is 11.1. The number of benzene rings is 1. The topological polar surface area (TPSA) is 42.0 Å². The Labute approximate surface area is 176 Å². The molecule has 2 saturated heterocycles. The molecule has 0 aromatic heterocycles.